The first-order chi connectivity index (χ1) is 8.77. The van der Waals surface area contributed by atoms with Crippen LogP contribution in [0.2, 0.25) is 0 Å². The van der Waals surface area contributed by atoms with Crippen molar-refractivity contribution in [2.75, 3.05) is 19.1 Å². The molecule has 0 aliphatic rings. The molecule has 2 rings (SSSR count). The summed E-state index contributed by atoms with van der Waals surface area (Å²) in [6, 6.07) is 20.2. The molecular formula is C15H17N3. The van der Waals surface area contributed by atoms with Crippen molar-refractivity contribution >= 4 is 17.7 Å². The molecule has 2 aromatic carbocycles. The third-order valence-electron chi connectivity index (χ3n) is 2.40. The number of hydrazone groups is 1. The summed E-state index contributed by atoms with van der Waals surface area (Å²) in [7, 11) is 3.91. The van der Waals surface area contributed by atoms with Crippen LogP contribution in [0.4, 0.5) is 11.4 Å². The molecule has 0 aromatic heterocycles. The quantitative estimate of drug-likeness (QED) is 0.463. The van der Waals surface area contributed by atoms with Crippen LogP contribution in [-0.2, 0) is 0 Å². The van der Waals surface area contributed by atoms with E-state index in [1.54, 1.807) is 6.34 Å². The summed E-state index contributed by atoms with van der Waals surface area (Å²) < 4.78 is 0. The number of anilines is 2. The molecule has 0 aliphatic heterocycles. The Balaban J connectivity index is 2.35. The Morgan fingerprint density at radius 2 is 1.22 bits per heavy atom. The second kappa shape index (κ2) is 5.87. The lowest BCUT2D eigenvalue weighted by Crippen LogP contribution is -2.15. The monoisotopic (exact) mass is 239 g/mol. The molecular weight excluding hydrogens is 222 g/mol. The van der Waals surface area contributed by atoms with Crippen LogP contribution >= 0.6 is 0 Å². The fourth-order valence-electron chi connectivity index (χ4n) is 1.58. The summed E-state index contributed by atoms with van der Waals surface area (Å²) in [5.41, 5.74) is 2.09. The SMILES string of the molecule is CN(C)C=NN(c1ccccc1)c1ccccc1. The number of benzene rings is 2. The number of para-hydroxylation sites is 2. The maximum atomic E-state index is 4.50. The molecule has 0 fully saturated rings. The predicted octanol–water partition coefficient (Wildman–Crippen LogP) is 3.33. The van der Waals surface area contributed by atoms with Crippen LogP contribution < -0.4 is 5.01 Å². The zero-order chi connectivity index (χ0) is 12.8. The highest BCUT2D eigenvalue weighted by molar-refractivity contribution is 5.66. The van der Waals surface area contributed by atoms with Gasteiger partial charge in [0.1, 0.15) is 6.34 Å². The molecule has 0 aliphatic carbocycles. The Hall–Kier alpha value is -2.29. The van der Waals surface area contributed by atoms with E-state index in [0.29, 0.717) is 0 Å². The van der Waals surface area contributed by atoms with Gasteiger partial charge in [0.15, 0.2) is 0 Å². The van der Waals surface area contributed by atoms with Gasteiger partial charge in [-0.2, -0.15) is 5.10 Å². The van der Waals surface area contributed by atoms with Crippen molar-refractivity contribution in [3.63, 3.8) is 0 Å². The van der Waals surface area contributed by atoms with Gasteiger partial charge in [0, 0.05) is 14.1 Å². The fraction of sp³-hybridized carbons (Fsp3) is 0.133. The van der Waals surface area contributed by atoms with E-state index < -0.39 is 0 Å². The first kappa shape index (κ1) is 12.2. The molecule has 0 bridgehead atoms. The Morgan fingerprint density at radius 3 is 1.61 bits per heavy atom. The minimum absolute atomic E-state index is 1.04. The minimum Gasteiger partial charge on any atom is -0.367 e. The second-order valence-electron chi connectivity index (χ2n) is 4.18. The molecule has 2 aromatic rings. The predicted molar refractivity (Wildman–Crippen MR) is 77.2 cm³/mol. The standard InChI is InChI=1S/C15H17N3/c1-17(2)13-16-18(14-9-5-3-6-10-14)15-11-7-4-8-12-15/h3-13H,1-2H3. The summed E-state index contributed by atoms with van der Waals surface area (Å²) >= 11 is 0. The number of nitrogens with zero attached hydrogens (tertiary/aromatic N) is 3. The van der Waals surface area contributed by atoms with E-state index in [9.17, 15) is 0 Å². The van der Waals surface area contributed by atoms with Crippen molar-refractivity contribution in [3.8, 4) is 0 Å². The van der Waals surface area contributed by atoms with Crippen LogP contribution in [0.3, 0.4) is 0 Å². The summed E-state index contributed by atoms with van der Waals surface area (Å²) in [6.07, 6.45) is 1.79. The molecule has 0 saturated heterocycles. The Bertz CT molecular complexity index is 452. The Labute approximate surface area is 108 Å². The van der Waals surface area contributed by atoms with Crippen molar-refractivity contribution in [1.29, 1.82) is 0 Å². The highest BCUT2D eigenvalue weighted by Crippen LogP contribution is 2.24. The van der Waals surface area contributed by atoms with Crippen molar-refractivity contribution in [2.45, 2.75) is 0 Å². The first-order valence-electron chi connectivity index (χ1n) is 5.88. The number of rotatable bonds is 4. The van der Waals surface area contributed by atoms with E-state index in [1.807, 2.05) is 84.7 Å². The summed E-state index contributed by atoms with van der Waals surface area (Å²) in [6.45, 7) is 0. The normalized spacial score (nSPS) is 10.6. The zero-order valence-corrected chi connectivity index (χ0v) is 10.7. The van der Waals surface area contributed by atoms with Gasteiger partial charge in [0.05, 0.1) is 11.4 Å². The van der Waals surface area contributed by atoms with Gasteiger partial charge in [-0.25, -0.2) is 5.01 Å². The van der Waals surface area contributed by atoms with Gasteiger partial charge in [0.25, 0.3) is 0 Å². The van der Waals surface area contributed by atoms with Gasteiger partial charge >= 0.3 is 0 Å². The average Bonchev–Trinajstić information content (AvgIpc) is 2.41. The Kier molecular flexibility index (Phi) is 3.97. The minimum atomic E-state index is 1.04. The van der Waals surface area contributed by atoms with Crippen LogP contribution in [-0.4, -0.2) is 25.3 Å². The van der Waals surface area contributed by atoms with Gasteiger partial charge < -0.3 is 4.90 Å². The van der Waals surface area contributed by atoms with E-state index in [4.69, 9.17) is 0 Å². The molecule has 0 spiro atoms. The van der Waals surface area contributed by atoms with E-state index in [-0.39, 0.29) is 0 Å². The number of hydrogen-bond donors (Lipinski definition) is 0. The summed E-state index contributed by atoms with van der Waals surface area (Å²) in [5.74, 6) is 0. The lowest BCUT2D eigenvalue weighted by molar-refractivity contribution is 0.639. The third kappa shape index (κ3) is 3.10. The van der Waals surface area contributed by atoms with Crippen molar-refractivity contribution in [1.82, 2.24) is 4.90 Å². The van der Waals surface area contributed by atoms with Gasteiger partial charge in [0.2, 0.25) is 0 Å². The van der Waals surface area contributed by atoms with Gasteiger partial charge in [-0.15, -0.1) is 0 Å². The molecule has 0 N–H and O–H groups in total. The maximum absolute atomic E-state index is 4.50. The maximum Gasteiger partial charge on any atom is 0.111 e. The van der Waals surface area contributed by atoms with Crippen LogP contribution in [0.5, 0.6) is 0 Å². The van der Waals surface area contributed by atoms with Crippen LogP contribution in [0.1, 0.15) is 0 Å². The van der Waals surface area contributed by atoms with E-state index in [1.165, 1.54) is 0 Å². The van der Waals surface area contributed by atoms with Crippen molar-refractivity contribution in [2.24, 2.45) is 5.10 Å². The lowest BCUT2D eigenvalue weighted by Gasteiger charge is -2.19. The molecule has 0 unspecified atom stereocenters. The molecule has 0 amide bonds. The van der Waals surface area contributed by atoms with Crippen LogP contribution in [0.25, 0.3) is 0 Å². The third-order valence-corrected chi connectivity index (χ3v) is 2.40. The molecule has 0 saturated carbocycles. The first-order valence-corrected chi connectivity index (χ1v) is 5.88. The number of hydrogen-bond acceptors (Lipinski definition) is 2. The largest absolute Gasteiger partial charge is 0.367 e. The lowest BCUT2D eigenvalue weighted by atomic mass is 10.2. The van der Waals surface area contributed by atoms with E-state index >= 15 is 0 Å². The fourth-order valence-corrected chi connectivity index (χ4v) is 1.58. The Morgan fingerprint density at radius 1 is 0.778 bits per heavy atom. The van der Waals surface area contributed by atoms with E-state index in [0.717, 1.165) is 11.4 Å². The second-order valence-corrected chi connectivity index (χ2v) is 4.18. The van der Waals surface area contributed by atoms with E-state index in [2.05, 4.69) is 5.10 Å². The van der Waals surface area contributed by atoms with Gasteiger partial charge in [-0.3, -0.25) is 0 Å². The van der Waals surface area contributed by atoms with Crippen molar-refractivity contribution in [3.05, 3.63) is 60.7 Å². The smallest absolute Gasteiger partial charge is 0.111 e. The van der Waals surface area contributed by atoms with Crippen LogP contribution in [0.15, 0.2) is 65.8 Å². The topological polar surface area (TPSA) is 18.8 Å². The zero-order valence-electron chi connectivity index (χ0n) is 10.7. The molecule has 0 atom stereocenters. The molecule has 92 valence electrons. The summed E-state index contributed by atoms with van der Waals surface area (Å²) in [5, 5.41) is 6.41. The van der Waals surface area contributed by atoms with Gasteiger partial charge in [-0.05, 0) is 24.3 Å². The molecule has 18 heavy (non-hydrogen) atoms. The average molecular weight is 239 g/mol. The molecule has 3 heteroatoms. The van der Waals surface area contributed by atoms with Gasteiger partial charge in [-0.1, -0.05) is 36.4 Å². The van der Waals surface area contributed by atoms with Crippen molar-refractivity contribution < 1.29 is 0 Å². The highest BCUT2D eigenvalue weighted by Gasteiger charge is 2.05. The van der Waals surface area contributed by atoms with Crippen LogP contribution in [0, 0.1) is 0 Å². The molecule has 0 heterocycles. The highest BCUT2D eigenvalue weighted by atomic mass is 15.5. The summed E-state index contributed by atoms with van der Waals surface area (Å²) in [4.78, 5) is 1.92. The molecule has 0 radical (unpaired) electrons. The molecule has 3 nitrogen and oxygen atoms in total.